The van der Waals surface area contributed by atoms with Gasteiger partial charge >= 0.3 is 0 Å². The Morgan fingerprint density at radius 1 is 1.00 bits per heavy atom. The van der Waals surface area contributed by atoms with E-state index in [1.807, 2.05) is 24.0 Å². The first-order valence-electron chi connectivity index (χ1n) is 12.3. The van der Waals surface area contributed by atoms with Crippen LogP contribution in [0, 0.1) is 6.92 Å². The Morgan fingerprint density at radius 3 is 2.65 bits per heavy atom. The Hall–Kier alpha value is -2.34. The van der Waals surface area contributed by atoms with Crippen molar-refractivity contribution in [3.8, 4) is 0 Å². The van der Waals surface area contributed by atoms with Crippen molar-refractivity contribution in [1.82, 2.24) is 29.0 Å². The van der Waals surface area contributed by atoms with Gasteiger partial charge in [-0.15, -0.1) is 0 Å². The van der Waals surface area contributed by atoms with Crippen molar-refractivity contribution in [2.75, 3.05) is 50.2 Å². The maximum atomic E-state index is 5.53. The highest BCUT2D eigenvalue weighted by Crippen LogP contribution is 2.32. The zero-order chi connectivity index (χ0) is 22.9. The lowest BCUT2D eigenvalue weighted by Gasteiger charge is -2.39. The lowest BCUT2D eigenvalue weighted by atomic mass is 9.90. The van der Waals surface area contributed by atoms with E-state index in [0.29, 0.717) is 30.7 Å². The number of fused-ring (bicyclic) bond motifs is 1. The van der Waals surface area contributed by atoms with Crippen LogP contribution in [0.4, 0.5) is 17.5 Å². The molecule has 3 aromatic heterocycles. The summed E-state index contributed by atoms with van der Waals surface area (Å²) in [7, 11) is 0. The van der Waals surface area contributed by atoms with E-state index < -0.39 is 0 Å². The number of nitrogens with one attached hydrogen (secondary N) is 2. The molecule has 6 rings (SSSR count). The molecule has 11 heteroatoms. The monoisotopic (exact) mass is 484 g/mol. The Kier molecular flexibility index (Phi) is 6.33. The summed E-state index contributed by atoms with van der Waals surface area (Å²) in [5.74, 6) is 1.45. The number of aryl methyl sites for hydroxylation is 1. The summed E-state index contributed by atoms with van der Waals surface area (Å²) >= 11 is 1.42. The fraction of sp³-hybridized carbons (Fsp3) is 0.652. The van der Waals surface area contributed by atoms with Gasteiger partial charge in [0.25, 0.3) is 0 Å². The number of morpholine rings is 1. The topological polar surface area (TPSA) is 102 Å². The van der Waals surface area contributed by atoms with Crippen LogP contribution in [0.1, 0.15) is 43.8 Å². The van der Waals surface area contributed by atoms with Crippen LogP contribution in [0.2, 0.25) is 0 Å². The van der Waals surface area contributed by atoms with Crippen molar-refractivity contribution in [2.24, 2.45) is 0 Å². The molecule has 0 unspecified atom stereocenters. The van der Waals surface area contributed by atoms with Gasteiger partial charge in [-0.1, -0.05) is 0 Å². The molecule has 3 aromatic rings. The van der Waals surface area contributed by atoms with Crippen LogP contribution in [0.3, 0.4) is 0 Å². The van der Waals surface area contributed by atoms with Gasteiger partial charge in [0.2, 0.25) is 5.95 Å². The zero-order valence-corrected chi connectivity index (χ0v) is 20.4. The van der Waals surface area contributed by atoms with Gasteiger partial charge in [-0.25, -0.2) is 0 Å². The molecule has 0 aromatic carbocycles. The Balaban J connectivity index is 1.16. The molecule has 0 spiro atoms. The molecular weight excluding hydrogens is 452 g/mol. The highest BCUT2D eigenvalue weighted by Gasteiger charge is 2.28. The van der Waals surface area contributed by atoms with E-state index in [1.165, 1.54) is 24.4 Å². The van der Waals surface area contributed by atoms with Crippen LogP contribution in [-0.2, 0) is 9.47 Å². The number of hydrogen-bond acceptors (Lipinski definition) is 10. The molecule has 2 aliphatic heterocycles. The van der Waals surface area contributed by atoms with Crippen LogP contribution < -0.4 is 10.6 Å². The van der Waals surface area contributed by atoms with Gasteiger partial charge in [0.15, 0.2) is 4.83 Å². The second-order valence-corrected chi connectivity index (χ2v) is 10.2. The number of anilines is 3. The zero-order valence-electron chi connectivity index (χ0n) is 19.6. The molecule has 1 saturated carbocycles. The van der Waals surface area contributed by atoms with Gasteiger partial charge in [0, 0.05) is 38.0 Å². The Labute approximate surface area is 203 Å². The van der Waals surface area contributed by atoms with E-state index in [9.17, 15) is 0 Å². The van der Waals surface area contributed by atoms with Gasteiger partial charge in [-0.2, -0.15) is 19.4 Å². The molecule has 5 heterocycles. The molecule has 2 N–H and O–H groups in total. The standard InChI is InChI=1S/C23H32N8O2S/c1-15-20-21(25-16-2-4-18(5-3-16)30-7-10-32-11-8-30)27-23(28-22(20)34-29-15)26-17-12-24-31(13-17)19-6-9-33-14-19/h12-13,16,18-19H,2-11,14H2,1H3,(H2,25,26,27,28)/t16-,18-,19-/m0/s1. The maximum Gasteiger partial charge on any atom is 0.230 e. The predicted molar refractivity (Wildman–Crippen MR) is 132 cm³/mol. The molecular formula is C23H32N8O2S. The highest BCUT2D eigenvalue weighted by atomic mass is 32.1. The molecule has 1 aliphatic carbocycles. The SMILES string of the molecule is Cc1nsc2nc(Nc3cnn([C@H]4CCOC4)c3)nc(N[C@H]3CC[C@H](N4CCOCC4)CC3)c12. The smallest absolute Gasteiger partial charge is 0.230 e. The quantitative estimate of drug-likeness (QED) is 0.545. The van der Waals surface area contributed by atoms with Gasteiger partial charge in [0.05, 0.1) is 48.8 Å². The molecule has 34 heavy (non-hydrogen) atoms. The van der Waals surface area contributed by atoms with Gasteiger partial charge in [0.1, 0.15) is 5.82 Å². The molecule has 3 fully saturated rings. The Morgan fingerprint density at radius 2 is 1.85 bits per heavy atom. The maximum absolute atomic E-state index is 5.53. The number of hydrogen-bond donors (Lipinski definition) is 2. The number of nitrogens with zero attached hydrogens (tertiary/aromatic N) is 6. The van der Waals surface area contributed by atoms with Crippen LogP contribution in [-0.4, -0.2) is 80.6 Å². The lowest BCUT2D eigenvalue weighted by molar-refractivity contribution is 0.00791. The van der Waals surface area contributed by atoms with Gasteiger partial charge in [-0.05, 0) is 50.6 Å². The fourth-order valence-electron chi connectivity index (χ4n) is 5.33. The molecule has 3 aliphatic rings. The van der Waals surface area contributed by atoms with Crippen LogP contribution >= 0.6 is 11.5 Å². The summed E-state index contributed by atoms with van der Waals surface area (Å²) in [5, 5.41) is 12.6. The van der Waals surface area contributed by atoms with E-state index in [0.717, 1.165) is 79.6 Å². The van der Waals surface area contributed by atoms with E-state index in [-0.39, 0.29) is 0 Å². The third-order valence-corrected chi connectivity index (χ3v) is 8.08. The molecule has 0 amide bonds. The second-order valence-electron chi connectivity index (χ2n) is 9.49. The van der Waals surface area contributed by atoms with E-state index in [2.05, 4.69) is 25.0 Å². The lowest BCUT2D eigenvalue weighted by Crippen LogP contribution is -2.46. The molecule has 0 bridgehead atoms. The fourth-order valence-corrected chi connectivity index (χ4v) is 6.11. The first-order chi connectivity index (χ1) is 16.7. The average molecular weight is 485 g/mol. The van der Waals surface area contributed by atoms with Gasteiger partial charge in [-0.3, -0.25) is 9.58 Å². The summed E-state index contributed by atoms with van der Waals surface area (Å²) in [6.45, 7) is 7.40. The molecule has 10 nitrogen and oxygen atoms in total. The van der Waals surface area contributed by atoms with Crippen molar-refractivity contribution in [3.63, 3.8) is 0 Å². The first kappa shape index (κ1) is 22.1. The summed E-state index contributed by atoms with van der Waals surface area (Å²) < 4.78 is 17.5. The minimum Gasteiger partial charge on any atom is -0.379 e. The van der Waals surface area contributed by atoms with E-state index in [4.69, 9.17) is 19.4 Å². The average Bonchev–Trinajstić information content (AvgIpc) is 3.62. The summed E-state index contributed by atoms with van der Waals surface area (Å²) in [5.41, 5.74) is 1.86. The van der Waals surface area contributed by atoms with Crippen molar-refractivity contribution in [1.29, 1.82) is 0 Å². The number of rotatable bonds is 6. The van der Waals surface area contributed by atoms with E-state index in [1.54, 1.807) is 0 Å². The molecule has 2 saturated heterocycles. The largest absolute Gasteiger partial charge is 0.379 e. The van der Waals surface area contributed by atoms with Crippen LogP contribution in [0.5, 0.6) is 0 Å². The first-order valence-corrected chi connectivity index (χ1v) is 13.1. The third-order valence-electron chi connectivity index (χ3n) is 7.24. The van der Waals surface area contributed by atoms with Crippen molar-refractivity contribution >= 4 is 39.2 Å². The number of aromatic nitrogens is 5. The summed E-state index contributed by atoms with van der Waals surface area (Å²) in [4.78, 5) is 13.1. The summed E-state index contributed by atoms with van der Waals surface area (Å²) in [6.07, 6.45) is 9.52. The minimum absolute atomic E-state index is 0.299. The van der Waals surface area contributed by atoms with Crippen molar-refractivity contribution in [3.05, 3.63) is 18.1 Å². The van der Waals surface area contributed by atoms with Crippen LogP contribution in [0.15, 0.2) is 12.4 Å². The van der Waals surface area contributed by atoms with Crippen molar-refractivity contribution < 1.29 is 9.47 Å². The molecule has 182 valence electrons. The van der Waals surface area contributed by atoms with Crippen molar-refractivity contribution in [2.45, 2.75) is 57.2 Å². The molecule has 0 radical (unpaired) electrons. The second kappa shape index (κ2) is 9.73. The molecule has 1 atom stereocenters. The normalized spacial score (nSPS) is 26.2. The van der Waals surface area contributed by atoms with Gasteiger partial charge < -0.3 is 20.1 Å². The minimum atomic E-state index is 0.299. The number of ether oxygens (including phenoxy) is 2. The highest BCUT2D eigenvalue weighted by molar-refractivity contribution is 7.13. The van der Waals surface area contributed by atoms with Crippen LogP contribution in [0.25, 0.3) is 10.2 Å². The Bertz CT molecular complexity index is 1110. The third kappa shape index (κ3) is 4.61. The predicted octanol–water partition coefficient (Wildman–Crippen LogP) is 3.35. The van der Waals surface area contributed by atoms with E-state index >= 15 is 0 Å². The summed E-state index contributed by atoms with van der Waals surface area (Å²) in [6, 6.07) is 1.39.